The largest absolute Gasteiger partial charge is 0.573 e. The fourth-order valence-electron chi connectivity index (χ4n) is 4.09. The van der Waals surface area contributed by atoms with Crippen LogP contribution in [0.25, 0.3) is 32.3 Å². The smallest absolute Gasteiger partial charge is 0.406 e. The number of benzene rings is 5. The Labute approximate surface area is 176 Å². The zero-order chi connectivity index (χ0) is 20.2. The molecule has 0 bridgehead atoms. The first-order chi connectivity index (χ1) is 13.9. The molecule has 30 heavy (non-hydrogen) atoms. The van der Waals surface area contributed by atoms with Crippen LogP contribution in [0.4, 0.5) is 13.2 Å². The highest BCUT2D eigenvalue weighted by atomic mass is 35.5. The highest BCUT2D eigenvalue weighted by molar-refractivity contribution is 6.23. The molecule has 0 aliphatic carbocycles. The van der Waals surface area contributed by atoms with Gasteiger partial charge < -0.3 is 10.5 Å². The van der Waals surface area contributed by atoms with Crippen molar-refractivity contribution in [3.05, 3.63) is 90.0 Å². The highest BCUT2D eigenvalue weighted by Gasteiger charge is 2.31. The maximum atomic E-state index is 12.4. The molecular formula is C24H17ClF3NO. The molecule has 0 heterocycles. The monoisotopic (exact) mass is 427 g/mol. The molecular weight excluding hydrogens is 411 g/mol. The Balaban J connectivity index is 0.00000218. The van der Waals surface area contributed by atoms with Crippen molar-refractivity contribution < 1.29 is 17.9 Å². The fourth-order valence-corrected chi connectivity index (χ4v) is 4.09. The summed E-state index contributed by atoms with van der Waals surface area (Å²) < 4.78 is 41.1. The zero-order valence-corrected chi connectivity index (χ0v) is 16.4. The summed E-state index contributed by atoms with van der Waals surface area (Å²) in [5.74, 6) is -0.260. The van der Waals surface area contributed by atoms with Gasteiger partial charge in [0, 0.05) is 0 Å². The van der Waals surface area contributed by atoms with E-state index in [0.717, 1.165) is 27.3 Å². The minimum atomic E-state index is -4.71. The lowest BCUT2D eigenvalue weighted by Gasteiger charge is -2.19. The van der Waals surface area contributed by atoms with E-state index >= 15 is 0 Å². The van der Waals surface area contributed by atoms with Crippen LogP contribution < -0.4 is 10.5 Å². The van der Waals surface area contributed by atoms with Crippen molar-refractivity contribution in [2.45, 2.75) is 12.4 Å². The Morgan fingerprint density at radius 2 is 1.27 bits per heavy atom. The Morgan fingerprint density at radius 3 is 1.90 bits per heavy atom. The third-order valence-electron chi connectivity index (χ3n) is 5.37. The van der Waals surface area contributed by atoms with E-state index in [2.05, 4.69) is 41.1 Å². The van der Waals surface area contributed by atoms with E-state index in [4.69, 9.17) is 5.73 Å². The Bertz CT molecular complexity index is 1320. The first-order valence-electron chi connectivity index (χ1n) is 9.18. The van der Waals surface area contributed by atoms with Gasteiger partial charge in [0.05, 0.1) is 6.04 Å². The van der Waals surface area contributed by atoms with Gasteiger partial charge in [0.2, 0.25) is 0 Å². The van der Waals surface area contributed by atoms with Crippen LogP contribution in [0.5, 0.6) is 5.75 Å². The molecule has 2 nitrogen and oxygen atoms in total. The van der Waals surface area contributed by atoms with Gasteiger partial charge in [-0.05, 0) is 55.6 Å². The first kappa shape index (κ1) is 20.3. The van der Waals surface area contributed by atoms with Crippen molar-refractivity contribution in [2.24, 2.45) is 5.73 Å². The van der Waals surface area contributed by atoms with E-state index < -0.39 is 12.4 Å². The van der Waals surface area contributed by atoms with Gasteiger partial charge in [0.1, 0.15) is 5.75 Å². The van der Waals surface area contributed by atoms with Crippen LogP contribution in [-0.4, -0.2) is 6.36 Å². The van der Waals surface area contributed by atoms with Gasteiger partial charge in [-0.2, -0.15) is 0 Å². The molecule has 5 rings (SSSR count). The fraction of sp³-hybridized carbons (Fsp3) is 0.0833. The minimum Gasteiger partial charge on any atom is -0.406 e. The van der Waals surface area contributed by atoms with E-state index in [1.54, 1.807) is 12.1 Å². The number of alkyl halides is 3. The summed E-state index contributed by atoms with van der Waals surface area (Å²) in [4.78, 5) is 0. The van der Waals surface area contributed by atoms with E-state index in [9.17, 15) is 13.2 Å². The van der Waals surface area contributed by atoms with Crippen molar-refractivity contribution in [3.63, 3.8) is 0 Å². The van der Waals surface area contributed by atoms with Crippen LogP contribution in [0.1, 0.15) is 17.2 Å². The predicted octanol–water partition coefficient (Wildman–Crippen LogP) is 6.95. The van der Waals surface area contributed by atoms with E-state index in [1.807, 2.05) is 18.2 Å². The number of hydrogen-bond acceptors (Lipinski definition) is 2. The summed E-state index contributed by atoms with van der Waals surface area (Å²) in [6.07, 6.45) is -4.71. The molecule has 0 spiro atoms. The third kappa shape index (κ3) is 3.40. The van der Waals surface area contributed by atoms with Gasteiger partial charge >= 0.3 is 6.36 Å². The molecule has 0 aliphatic heterocycles. The molecule has 152 valence electrons. The lowest BCUT2D eigenvalue weighted by Crippen LogP contribution is -2.17. The summed E-state index contributed by atoms with van der Waals surface area (Å²) in [6, 6.07) is 23.9. The van der Waals surface area contributed by atoms with Gasteiger partial charge in [0.15, 0.2) is 0 Å². The molecule has 0 aliphatic rings. The molecule has 0 saturated heterocycles. The van der Waals surface area contributed by atoms with E-state index in [-0.39, 0.29) is 18.2 Å². The second-order valence-electron chi connectivity index (χ2n) is 7.11. The molecule has 0 unspecified atom stereocenters. The van der Waals surface area contributed by atoms with Crippen LogP contribution in [0.15, 0.2) is 78.9 Å². The quantitative estimate of drug-likeness (QED) is 0.316. The normalized spacial score (nSPS) is 12.9. The van der Waals surface area contributed by atoms with Crippen LogP contribution >= 0.6 is 12.4 Å². The average Bonchev–Trinajstić information content (AvgIpc) is 2.71. The summed E-state index contributed by atoms with van der Waals surface area (Å²) in [6.45, 7) is 0. The van der Waals surface area contributed by atoms with Crippen molar-refractivity contribution >= 4 is 44.7 Å². The molecule has 2 N–H and O–H groups in total. The van der Waals surface area contributed by atoms with Crippen molar-refractivity contribution in [3.8, 4) is 5.75 Å². The Morgan fingerprint density at radius 1 is 0.700 bits per heavy atom. The second-order valence-corrected chi connectivity index (χ2v) is 7.11. The second kappa shape index (κ2) is 7.35. The van der Waals surface area contributed by atoms with Crippen molar-refractivity contribution in [1.29, 1.82) is 0 Å². The first-order valence-corrected chi connectivity index (χ1v) is 9.18. The summed E-state index contributed by atoms with van der Waals surface area (Å²) >= 11 is 0. The molecule has 5 aromatic rings. The van der Waals surface area contributed by atoms with Gasteiger partial charge in [-0.25, -0.2) is 0 Å². The van der Waals surface area contributed by atoms with E-state index in [0.29, 0.717) is 0 Å². The molecule has 6 heteroatoms. The summed E-state index contributed by atoms with van der Waals surface area (Å²) in [5.41, 5.74) is 8.18. The number of rotatable bonds is 3. The number of hydrogen-bond donors (Lipinski definition) is 1. The molecule has 0 fully saturated rings. The topological polar surface area (TPSA) is 35.2 Å². The lowest BCUT2D eigenvalue weighted by molar-refractivity contribution is -0.274. The van der Waals surface area contributed by atoms with Crippen molar-refractivity contribution in [1.82, 2.24) is 0 Å². The summed E-state index contributed by atoms with van der Waals surface area (Å²) in [7, 11) is 0. The molecule has 1 atom stereocenters. The average molecular weight is 428 g/mol. The van der Waals surface area contributed by atoms with Gasteiger partial charge in [0.25, 0.3) is 0 Å². The maximum Gasteiger partial charge on any atom is 0.573 e. The number of nitrogens with two attached hydrogens (primary N) is 1. The molecule has 0 saturated carbocycles. The van der Waals surface area contributed by atoms with Gasteiger partial charge in [-0.3, -0.25) is 0 Å². The van der Waals surface area contributed by atoms with Gasteiger partial charge in [-0.1, -0.05) is 66.7 Å². The van der Waals surface area contributed by atoms with Crippen LogP contribution in [0, 0.1) is 0 Å². The Kier molecular flexibility index (Phi) is 4.96. The molecule has 0 radical (unpaired) electrons. The zero-order valence-electron chi connectivity index (χ0n) is 15.6. The minimum absolute atomic E-state index is 0. The molecule has 0 aromatic heterocycles. The SMILES string of the molecule is Cl.N[C@H](c1ccc(OC(F)(F)F)cc1)c1ccc2ccc3cccc4ccc1c2c34. The van der Waals surface area contributed by atoms with Crippen LogP contribution in [-0.2, 0) is 0 Å². The van der Waals surface area contributed by atoms with Crippen molar-refractivity contribution in [2.75, 3.05) is 0 Å². The van der Waals surface area contributed by atoms with E-state index in [1.165, 1.54) is 28.3 Å². The van der Waals surface area contributed by atoms with Crippen LogP contribution in [0.2, 0.25) is 0 Å². The predicted molar refractivity (Wildman–Crippen MR) is 117 cm³/mol. The summed E-state index contributed by atoms with van der Waals surface area (Å²) in [5, 5.41) is 6.88. The standard InChI is InChI=1S/C24H16F3NO.ClH/c25-24(26,27)29-18-10-6-17(7-11-18)23(28)20-13-9-16-5-4-14-2-1-3-15-8-12-19(20)22(16)21(14)15;/h1-13,23H,28H2;1H/t23-;/m1./s1. The highest BCUT2D eigenvalue weighted by Crippen LogP contribution is 2.38. The third-order valence-corrected chi connectivity index (χ3v) is 5.37. The maximum absolute atomic E-state index is 12.4. The lowest BCUT2D eigenvalue weighted by atomic mass is 9.88. The van der Waals surface area contributed by atoms with Crippen LogP contribution in [0.3, 0.4) is 0 Å². The number of ether oxygens (including phenoxy) is 1. The molecule has 0 amide bonds. The molecule has 5 aromatic carbocycles. The Hall–Kier alpha value is -3.02. The number of halogens is 4. The van der Waals surface area contributed by atoms with Gasteiger partial charge in [-0.15, -0.1) is 25.6 Å².